The van der Waals surface area contributed by atoms with Gasteiger partial charge < -0.3 is 10.2 Å². The molecular weight excluding hydrogens is 252 g/mol. The maximum Gasteiger partial charge on any atom is 0.223 e. The van der Waals surface area contributed by atoms with Gasteiger partial charge in [-0.25, -0.2) is 0 Å². The number of carbonyl (C=O) groups excluding carboxylic acids is 2. The molecule has 2 amide bonds. The van der Waals surface area contributed by atoms with Gasteiger partial charge >= 0.3 is 0 Å². The second kappa shape index (κ2) is 9.78. The van der Waals surface area contributed by atoms with E-state index in [-0.39, 0.29) is 17.7 Å². The Bertz CT molecular complexity index is 297. The highest BCUT2D eigenvalue weighted by atomic mass is 16.2. The highest BCUT2D eigenvalue weighted by molar-refractivity contribution is 5.79. The molecule has 4 heteroatoms. The first-order chi connectivity index (χ1) is 9.65. The predicted octanol–water partition coefficient (Wildman–Crippen LogP) is 2.72. The van der Waals surface area contributed by atoms with E-state index >= 15 is 0 Å². The van der Waals surface area contributed by atoms with Gasteiger partial charge in [-0.3, -0.25) is 9.59 Å². The normalized spacial score (nSPS) is 16.2. The highest BCUT2D eigenvalue weighted by Gasteiger charge is 2.25. The van der Waals surface area contributed by atoms with Gasteiger partial charge in [0, 0.05) is 32.5 Å². The van der Waals surface area contributed by atoms with E-state index in [1.165, 1.54) is 32.1 Å². The summed E-state index contributed by atoms with van der Waals surface area (Å²) >= 11 is 0. The molecule has 0 spiro atoms. The van der Waals surface area contributed by atoms with Crippen LogP contribution < -0.4 is 5.32 Å². The lowest BCUT2D eigenvalue weighted by Gasteiger charge is -2.30. The van der Waals surface area contributed by atoms with Gasteiger partial charge in [0.25, 0.3) is 0 Å². The van der Waals surface area contributed by atoms with Crippen LogP contribution in [0.15, 0.2) is 0 Å². The van der Waals surface area contributed by atoms with Crippen molar-refractivity contribution in [2.75, 3.05) is 19.6 Å². The number of hydrogen-bond donors (Lipinski definition) is 1. The molecule has 0 bridgehead atoms. The Morgan fingerprint density at radius 2 is 1.65 bits per heavy atom. The zero-order chi connectivity index (χ0) is 14.8. The van der Waals surface area contributed by atoms with Gasteiger partial charge in [-0.15, -0.1) is 0 Å². The highest BCUT2D eigenvalue weighted by Crippen LogP contribution is 2.17. The number of unbranched alkanes of at least 4 members (excludes halogenated alkanes) is 5. The molecule has 0 unspecified atom stereocenters. The van der Waals surface area contributed by atoms with Crippen LogP contribution in [-0.4, -0.2) is 36.3 Å². The Labute approximate surface area is 123 Å². The van der Waals surface area contributed by atoms with Crippen molar-refractivity contribution < 1.29 is 9.59 Å². The molecule has 0 aromatic carbocycles. The van der Waals surface area contributed by atoms with Crippen molar-refractivity contribution in [1.82, 2.24) is 10.2 Å². The smallest absolute Gasteiger partial charge is 0.223 e. The summed E-state index contributed by atoms with van der Waals surface area (Å²) in [6.07, 6.45) is 9.10. The van der Waals surface area contributed by atoms with Crippen LogP contribution in [-0.2, 0) is 9.59 Å². The molecule has 0 aliphatic carbocycles. The number of nitrogens with one attached hydrogen (secondary N) is 1. The van der Waals surface area contributed by atoms with Gasteiger partial charge in [-0.1, -0.05) is 39.0 Å². The van der Waals surface area contributed by atoms with E-state index in [0.29, 0.717) is 0 Å². The number of hydrogen-bond acceptors (Lipinski definition) is 2. The number of nitrogens with zero attached hydrogens (tertiary/aromatic N) is 1. The number of piperidine rings is 1. The summed E-state index contributed by atoms with van der Waals surface area (Å²) in [7, 11) is 0. The number of amides is 2. The van der Waals surface area contributed by atoms with Crippen molar-refractivity contribution in [2.45, 2.75) is 65.2 Å². The van der Waals surface area contributed by atoms with Crippen molar-refractivity contribution in [3.63, 3.8) is 0 Å². The third kappa shape index (κ3) is 6.40. The van der Waals surface area contributed by atoms with Gasteiger partial charge in [0.15, 0.2) is 0 Å². The van der Waals surface area contributed by atoms with E-state index in [0.717, 1.165) is 38.9 Å². The Morgan fingerprint density at radius 1 is 1.05 bits per heavy atom. The molecule has 116 valence electrons. The monoisotopic (exact) mass is 282 g/mol. The standard InChI is InChI=1S/C16H30N2O2/c1-3-4-5-6-7-8-11-17-16(20)15-9-12-18(13-10-15)14(2)19/h15H,3-13H2,1-2H3,(H,17,20). The molecule has 0 atom stereocenters. The van der Waals surface area contributed by atoms with Crippen LogP contribution in [0, 0.1) is 5.92 Å². The second-order valence-corrected chi connectivity index (χ2v) is 5.84. The van der Waals surface area contributed by atoms with Crippen LogP contribution in [0.4, 0.5) is 0 Å². The Hall–Kier alpha value is -1.06. The zero-order valence-electron chi connectivity index (χ0n) is 13.1. The van der Waals surface area contributed by atoms with Crippen LogP contribution in [0.3, 0.4) is 0 Å². The molecule has 20 heavy (non-hydrogen) atoms. The molecule has 0 aromatic rings. The van der Waals surface area contributed by atoms with Crippen LogP contribution in [0.2, 0.25) is 0 Å². The van der Waals surface area contributed by atoms with E-state index in [1.807, 2.05) is 4.90 Å². The third-order valence-electron chi connectivity index (χ3n) is 4.14. The Morgan fingerprint density at radius 3 is 2.25 bits per heavy atom. The number of carbonyl (C=O) groups is 2. The van der Waals surface area contributed by atoms with Crippen LogP contribution in [0.25, 0.3) is 0 Å². The molecule has 1 saturated heterocycles. The SMILES string of the molecule is CCCCCCCCNC(=O)C1CCN(C(C)=O)CC1. The minimum Gasteiger partial charge on any atom is -0.356 e. The minimum absolute atomic E-state index is 0.102. The summed E-state index contributed by atoms with van der Waals surface area (Å²) in [5.74, 6) is 0.406. The van der Waals surface area contributed by atoms with Crippen LogP contribution in [0.1, 0.15) is 65.2 Å². The van der Waals surface area contributed by atoms with Gasteiger partial charge in [0.05, 0.1) is 0 Å². The summed E-state index contributed by atoms with van der Waals surface area (Å²) in [5.41, 5.74) is 0. The molecule has 1 rings (SSSR count). The van der Waals surface area contributed by atoms with Crippen molar-refractivity contribution in [1.29, 1.82) is 0 Å². The van der Waals surface area contributed by atoms with Crippen molar-refractivity contribution >= 4 is 11.8 Å². The molecule has 1 heterocycles. The Balaban J connectivity index is 2.04. The van der Waals surface area contributed by atoms with E-state index < -0.39 is 0 Å². The van der Waals surface area contributed by atoms with E-state index in [2.05, 4.69) is 12.2 Å². The first kappa shape index (κ1) is 17.0. The van der Waals surface area contributed by atoms with Crippen molar-refractivity contribution in [3.05, 3.63) is 0 Å². The lowest BCUT2D eigenvalue weighted by molar-refractivity contribution is -0.133. The maximum atomic E-state index is 12.0. The summed E-state index contributed by atoms with van der Waals surface area (Å²) in [5, 5.41) is 3.04. The summed E-state index contributed by atoms with van der Waals surface area (Å²) in [6.45, 7) is 6.07. The average molecular weight is 282 g/mol. The summed E-state index contributed by atoms with van der Waals surface area (Å²) < 4.78 is 0. The topological polar surface area (TPSA) is 49.4 Å². The summed E-state index contributed by atoms with van der Waals surface area (Å²) in [6, 6.07) is 0. The van der Waals surface area contributed by atoms with Gasteiger partial charge in [0.1, 0.15) is 0 Å². The predicted molar refractivity (Wildman–Crippen MR) is 81.4 cm³/mol. The molecule has 1 N–H and O–H groups in total. The second-order valence-electron chi connectivity index (χ2n) is 5.84. The van der Waals surface area contributed by atoms with Gasteiger partial charge in [-0.2, -0.15) is 0 Å². The van der Waals surface area contributed by atoms with E-state index in [9.17, 15) is 9.59 Å². The van der Waals surface area contributed by atoms with Gasteiger partial charge in [0.2, 0.25) is 11.8 Å². The third-order valence-corrected chi connectivity index (χ3v) is 4.14. The van der Waals surface area contributed by atoms with E-state index in [1.54, 1.807) is 6.92 Å². The van der Waals surface area contributed by atoms with Crippen LogP contribution >= 0.6 is 0 Å². The molecule has 0 saturated carbocycles. The summed E-state index contributed by atoms with van der Waals surface area (Å²) in [4.78, 5) is 25.0. The maximum absolute atomic E-state index is 12.0. The van der Waals surface area contributed by atoms with E-state index in [4.69, 9.17) is 0 Å². The fraction of sp³-hybridized carbons (Fsp3) is 0.875. The molecular formula is C16H30N2O2. The van der Waals surface area contributed by atoms with Crippen LogP contribution in [0.5, 0.6) is 0 Å². The fourth-order valence-corrected chi connectivity index (χ4v) is 2.72. The van der Waals surface area contributed by atoms with Crippen molar-refractivity contribution in [3.8, 4) is 0 Å². The molecule has 1 fully saturated rings. The molecule has 1 aliphatic rings. The first-order valence-corrected chi connectivity index (χ1v) is 8.18. The lowest BCUT2D eigenvalue weighted by Crippen LogP contribution is -2.42. The molecule has 0 aromatic heterocycles. The quantitative estimate of drug-likeness (QED) is 0.696. The lowest BCUT2D eigenvalue weighted by atomic mass is 9.96. The fourth-order valence-electron chi connectivity index (χ4n) is 2.72. The van der Waals surface area contributed by atoms with Gasteiger partial charge in [-0.05, 0) is 19.3 Å². The Kier molecular flexibility index (Phi) is 8.31. The number of likely N-dealkylation sites (tertiary alicyclic amines) is 1. The average Bonchev–Trinajstić information content (AvgIpc) is 2.46. The molecule has 0 radical (unpaired) electrons. The minimum atomic E-state index is 0.102. The molecule has 4 nitrogen and oxygen atoms in total. The van der Waals surface area contributed by atoms with Crippen molar-refractivity contribution in [2.24, 2.45) is 5.92 Å². The first-order valence-electron chi connectivity index (χ1n) is 8.18. The largest absolute Gasteiger partial charge is 0.356 e. The molecule has 1 aliphatic heterocycles. The number of rotatable bonds is 8. The zero-order valence-corrected chi connectivity index (χ0v) is 13.1.